The number of carbonyl (C=O) groups is 2. The first-order chi connectivity index (χ1) is 15.0. The highest BCUT2D eigenvalue weighted by molar-refractivity contribution is 6.13. The normalized spacial score (nSPS) is 9.84. The van der Waals surface area contributed by atoms with Crippen molar-refractivity contribution >= 4 is 17.7 Å². The molecule has 0 N–H and O–H groups in total. The molecule has 2 amide bonds. The number of hydrogen-bond acceptors (Lipinski definition) is 5. The molecule has 0 radical (unpaired) electrons. The van der Waals surface area contributed by atoms with Gasteiger partial charge in [0.05, 0.1) is 19.2 Å². The summed E-state index contributed by atoms with van der Waals surface area (Å²) in [5.74, 6) is 1.01. The molecule has 0 unspecified atom stereocenters. The Bertz CT molecular complexity index is 1000. The topological polar surface area (TPSA) is 68.7 Å². The zero-order valence-electron chi connectivity index (χ0n) is 18.6. The van der Waals surface area contributed by atoms with Crippen LogP contribution in [0, 0.1) is 13.8 Å². The van der Waals surface area contributed by atoms with Crippen molar-refractivity contribution in [3.63, 3.8) is 0 Å². The molecule has 1 aromatic heterocycles. The molecule has 1 heterocycles. The lowest BCUT2D eigenvalue weighted by Crippen LogP contribution is -2.38. The van der Waals surface area contributed by atoms with Crippen LogP contribution in [0.3, 0.4) is 0 Å². The maximum absolute atomic E-state index is 12.9. The van der Waals surface area contributed by atoms with Crippen LogP contribution in [0.25, 0.3) is 0 Å². The van der Waals surface area contributed by atoms with Crippen molar-refractivity contribution in [3.8, 4) is 11.5 Å². The number of anilines is 1. The SMILES string of the molecule is CC.COC(=O)N(C(=O)Cc1ccc(Oc2ccccc2)cc1)c1ccnc(C)c1C. The molecule has 0 aliphatic rings. The van der Waals surface area contributed by atoms with Gasteiger partial charge in [0.2, 0.25) is 5.91 Å². The van der Waals surface area contributed by atoms with Gasteiger partial charge in [0, 0.05) is 11.9 Å². The van der Waals surface area contributed by atoms with Crippen LogP contribution in [0.15, 0.2) is 66.9 Å². The summed E-state index contributed by atoms with van der Waals surface area (Å²) in [4.78, 5) is 30.5. The first kappa shape index (κ1) is 23.6. The van der Waals surface area contributed by atoms with Crippen molar-refractivity contribution in [2.45, 2.75) is 34.1 Å². The Morgan fingerprint density at radius 1 is 0.903 bits per heavy atom. The van der Waals surface area contributed by atoms with Crippen molar-refractivity contribution in [1.82, 2.24) is 4.98 Å². The van der Waals surface area contributed by atoms with Crippen molar-refractivity contribution < 1.29 is 19.1 Å². The summed E-state index contributed by atoms with van der Waals surface area (Å²) in [6, 6.07) is 18.3. The molecule has 3 aromatic rings. The highest BCUT2D eigenvalue weighted by Gasteiger charge is 2.26. The fraction of sp³-hybridized carbons (Fsp3) is 0.240. The highest BCUT2D eigenvalue weighted by atomic mass is 16.5. The third-order valence-electron chi connectivity index (χ3n) is 4.53. The number of benzene rings is 2. The maximum atomic E-state index is 12.9. The van der Waals surface area contributed by atoms with Crippen molar-refractivity contribution in [2.75, 3.05) is 12.0 Å². The molecule has 162 valence electrons. The molecule has 2 aromatic carbocycles. The van der Waals surface area contributed by atoms with E-state index in [0.717, 1.165) is 27.5 Å². The number of ether oxygens (including phenoxy) is 2. The summed E-state index contributed by atoms with van der Waals surface area (Å²) in [5, 5.41) is 0. The van der Waals surface area contributed by atoms with Gasteiger partial charge in [-0.1, -0.05) is 44.2 Å². The predicted octanol–water partition coefficient (Wildman–Crippen LogP) is 5.86. The lowest BCUT2D eigenvalue weighted by Gasteiger charge is -2.22. The van der Waals surface area contributed by atoms with Gasteiger partial charge in [-0.2, -0.15) is 0 Å². The Kier molecular flexibility index (Phi) is 8.76. The standard InChI is InChI=1S/C23H22N2O4.C2H6/c1-16-17(2)24-14-13-21(16)25(23(27)28-3)22(26)15-18-9-11-20(12-10-18)29-19-7-5-4-6-8-19;1-2/h4-14H,15H2,1-3H3;1-2H3. The number of nitrogens with zero attached hydrogens (tertiary/aromatic N) is 2. The monoisotopic (exact) mass is 420 g/mol. The van der Waals surface area contributed by atoms with E-state index in [2.05, 4.69) is 4.98 Å². The molecule has 0 saturated carbocycles. The van der Waals surface area contributed by atoms with E-state index >= 15 is 0 Å². The summed E-state index contributed by atoms with van der Waals surface area (Å²) in [6.45, 7) is 7.64. The largest absolute Gasteiger partial charge is 0.457 e. The number of carbonyl (C=O) groups excluding carboxylic acids is 2. The van der Waals surface area contributed by atoms with E-state index < -0.39 is 6.09 Å². The van der Waals surface area contributed by atoms with Crippen molar-refractivity contribution in [3.05, 3.63) is 83.7 Å². The van der Waals surface area contributed by atoms with Crippen molar-refractivity contribution in [1.29, 1.82) is 0 Å². The number of rotatable bonds is 5. The number of methoxy groups -OCH3 is 1. The van der Waals surface area contributed by atoms with E-state index in [1.54, 1.807) is 36.5 Å². The van der Waals surface area contributed by atoms with E-state index in [1.807, 2.05) is 58.0 Å². The van der Waals surface area contributed by atoms with Crippen LogP contribution in [0.1, 0.15) is 30.7 Å². The lowest BCUT2D eigenvalue weighted by molar-refractivity contribution is -0.117. The van der Waals surface area contributed by atoms with E-state index in [-0.39, 0.29) is 12.3 Å². The summed E-state index contributed by atoms with van der Waals surface area (Å²) < 4.78 is 10.6. The second-order valence-electron chi connectivity index (χ2n) is 6.48. The third kappa shape index (κ3) is 6.15. The molecule has 0 fully saturated rings. The molecular weight excluding hydrogens is 392 g/mol. The predicted molar refractivity (Wildman–Crippen MR) is 122 cm³/mol. The van der Waals surface area contributed by atoms with Crippen LogP contribution in [-0.2, 0) is 16.0 Å². The van der Waals surface area contributed by atoms with Gasteiger partial charge in [0.25, 0.3) is 0 Å². The molecule has 3 rings (SSSR count). The number of amides is 2. The Morgan fingerprint density at radius 3 is 2.13 bits per heavy atom. The number of aryl methyl sites for hydroxylation is 1. The third-order valence-corrected chi connectivity index (χ3v) is 4.53. The molecular formula is C25H28N2O4. The Morgan fingerprint density at radius 2 is 1.52 bits per heavy atom. The van der Waals surface area contributed by atoms with Crippen LogP contribution < -0.4 is 9.64 Å². The fourth-order valence-electron chi connectivity index (χ4n) is 2.85. The molecule has 0 bridgehead atoms. The molecule has 0 atom stereocenters. The zero-order chi connectivity index (χ0) is 22.8. The minimum absolute atomic E-state index is 0.0432. The smallest absolute Gasteiger partial charge is 0.420 e. The highest BCUT2D eigenvalue weighted by Crippen LogP contribution is 2.24. The van der Waals surface area contributed by atoms with Gasteiger partial charge in [0.1, 0.15) is 11.5 Å². The molecule has 0 aliphatic heterocycles. The van der Waals surface area contributed by atoms with Crippen molar-refractivity contribution in [2.24, 2.45) is 0 Å². The van der Waals surface area contributed by atoms with Crippen LogP contribution in [0.4, 0.5) is 10.5 Å². The van der Waals surface area contributed by atoms with E-state index in [9.17, 15) is 9.59 Å². The number of imide groups is 1. The van der Waals surface area contributed by atoms with E-state index in [4.69, 9.17) is 9.47 Å². The maximum Gasteiger partial charge on any atom is 0.420 e. The average Bonchev–Trinajstić information content (AvgIpc) is 2.80. The molecule has 31 heavy (non-hydrogen) atoms. The van der Waals surface area contributed by atoms with Gasteiger partial charge < -0.3 is 9.47 Å². The summed E-state index contributed by atoms with van der Waals surface area (Å²) in [6.07, 6.45) is 0.880. The molecule has 0 saturated heterocycles. The summed E-state index contributed by atoms with van der Waals surface area (Å²) >= 11 is 0. The van der Waals surface area contributed by atoms with Gasteiger partial charge in [0.15, 0.2) is 0 Å². The molecule has 0 spiro atoms. The first-order valence-corrected chi connectivity index (χ1v) is 10.1. The minimum atomic E-state index is -0.729. The second-order valence-corrected chi connectivity index (χ2v) is 6.48. The van der Waals surface area contributed by atoms with Crippen LogP contribution >= 0.6 is 0 Å². The quantitative estimate of drug-likeness (QED) is 0.517. The zero-order valence-corrected chi connectivity index (χ0v) is 18.6. The van der Waals surface area contributed by atoms with Crippen LogP contribution in [0.5, 0.6) is 11.5 Å². The van der Waals surface area contributed by atoms with Gasteiger partial charge >= 0.3 is 6.09 Å². The number of para-hydroxylation sites is 1. The van der Waals surface area contributed by atoms with Gasteiger partial charge in [-0.15, -0.1) is 0 Å². The molecule has 6 heteroatoms. The fourth-order valence-corrected chi connectivity index (χ4v) is 2.85. The summed E-state index contributed by atoms with van der Waals surface area (Å²) in [7, 11) is 1.25. The van der Waals surface area contributed by atoms with Gasteiger partial charge in [-0.3, -0.25) is 9.78 Å². The van der Waals surface area contributed by atoms with Crippen LogP contribution in [-0.4, -0.2) is 24.1 Å². The Labute approximate surface area is 183 Å². The average molecular weight is 421 g/mol. The first-order valence-electron chi connectivity index (χ1n) is 10.1. The van der Waals surface area contributed by atoms with E-state index in [0.29, 0.717) is 11.4 Å². The van der Waals surface area contributed by atoms with Crippen LogP contribution in [0.2, 0.25) is 0 Å². The minimum Gasteiger partial charge on any atom is -0.457 e. The lowest BCUT2D eigenvalue weighted by atomic mass is 10.1. The second kappa shape index (κ2) is 11.5. The number of pyridine rings is 1. The van der Waals surface area contributed by atoms with Gasteiger partial charge in [-0.05, 0) is 55.3 Å². The molecule has 0 aliphatic carbocycles. The van der Waals surface area contributed by atoms with E-state index in [1.165, 1.54) is 7.11 Å². The number of aromatic nitrogens is 1. The Hall–Kier alpha value is -3.67. The Balaban J connectivity index is 0.00000166. The summed E-state index contributed by atoms with van der Waals surface area (Å²) in [5.41, 5.74) is 2.72. The number of hydrogen-bond donors (Lipinski definition) is 0. The van der Waals surface area contributed by atoms with Gasteiger partial charge in [-0.25, -0.2) is 9.69 Å². The molecule has 6 nitrogen and oxygen atoms in total.